The highest BCUT2D eigenvalue weighted by Crippen LogP contribution is 2.38. The van der Waals surface area contributed by atoms with Crippen molar-refractivity contribution in [2.45, 2.75) is 50.0 Å². The summed E-state index contributed by atoms with van der Waals surface area (Å²) in [5.41, 5.74) is 2.04. The fraction of sp³-hybridized carbons (Fsp3) is 0.256. The molecule has 0 unspecified atom stereocenters. The Kier molecular flexibility index (Phi) is 15.6. The lowest BCUT2D eigenvalue weighted by molar-refractivity contribution is -0.135. The molecule has 0 radical (unpaired) electrons. The topological polar surface area (TPSA) is 120 Å². The molecule has 0 fully saturated rings. The van der Waals surface area contributed by atoms with Crippen LogP contribution in [0.2, 0.25) is 5.02 Å². The molecule has 1 heterocycles. The van der Waals surface area contributed by atoms with Gasteiger partial charge in [0.2, 0.25) is 0 Å². The fourth-order valence-corrected chi connectivity index (χ4v) is 8.12. The van der Waals surface area contributed by atoms with Gasteiger partial charge in [-0.05, 0) is 127 Å². The van der Waals surface area contributed by atoms with Gasteiger partial charge in [-0.15, -0.1) is 23.5 Å². The SMILES string of the molecule is CC(C)(SCCCC(=O)Oc1ccc(C=CC(=O)CC(=O)C=Cc2ccc(O)cc2)cc1)SCCCC(=O)Oc1c(I)cc(Cl)c2cccnc12. The van der Waals surface area contributed by atoms with Crippen molar-refractivity contribution in [3.63, 3.8) is 0 Å². The first-order valence-corrected chi connectivity index (χ1v) is 19.5. The summed E-state index contributed by atoms with van der Waals surface area (Å²) in [6, 6.07) is 18.6. The summed E-state index contributed by atoms with van der Waals surface area (Å²) in [7, 11) is 0. The number of ether oxygens (including phenoxy) is 2. The van der Waals surface area contributed by atoms with Gasteiger partial charge in [-0.25, -0.2) is 0 Å². The Morgan fingerprint density at radius 3 is 1.98 bits per heavy atom. The second-order valence-electron chi connectivity index (χ2n) is 11.8. The number of hydrogen-bond acceptors (Lipinski definition) is 10. The lowest BCUT2D eigenvalue weighted by atomic mass is 10.1. The van der Waals surface area contributed by atoms with Gasteiger partial charge in [0.05, 0.1) is 19.1 Å². The molecule has 0 aliphatic heterocycles. The van der Waals surface area contributed by atoms with Crippen LogP contribution >= 0.6 is 57.7 Å². The number of ketones is 2. The standard InChI is InChI=1S/C39H37ClINO7S2/c1-39(2,51-23-5-8-36(47)49-38-34(41)25-33(40)32-6-3-21-42-37(32)38)50-22-4-7-35(46)48-31-19-13-27(14-20-31)12-18-30(45)24-29(44)17-11-26-9-15-28(43)16-10-26/h3,6,9-21,25,43H,4-5,7-8,22-24H2,1-2H3. The van der Waals surface area contributed by atoms with Crippen LogP contribution in [0.3, 0.4) is 0 Å². The number of benzene rings is 3. The molecular weight excluding hydrogens is 821 g/mol. The molecule has 0 aliphatic rings. The number of pyridine rings is 1. The summed E-state index contributed by atoms with van der Waals surface area (Å²) in [5, 5.41) is 10.6. The van der Waals surface area contributed by atoms with Crippen molar-refractivity contribution in [2.75, 3.05) is 11.5 Å². The Balaban J connectivity index is 1.09. The first-order valence-electron chi connectivity index (χ1n) is 16.1. The average molecular weight is 858 g/mol. The largest absolute Gasteiger partial charge is 0.508 e. The number of thioether (sulfide) groups is 2. The van der Waals surface area contributed by atoms with Crippen LogP contribution in [0.15, 0.2) is 85.1 Å². The molecular formula is C39H37ClINO7S2. The third-order valence-corrected chi connectivity index (χ3v) is 11.4. The van der Waals surface area contributed by atoms with Crippen molar-refractivity contribution in [1.82, 2.24) is 4.98 Å². The minimum absolute atomic E-state index is 0.0952. The van der Waals surface area contributed by atoms with Crippen LogP contribution in [0.5, 0.6) is 17.2 Å². The number of esters is 2. The minimum Gasteiger partial charge on any atom is -0.508 e. The first-order chi connectivity index (χ1) is 24.4. The molecule has 8 nitrogen and oxygen atoms in total. The van der Waals surface area contributed by atoms with Gasteiger partial charge in [0.15, 0.2) is 17.3 Å². The number of phenols is 1. The van der Waals surface area contributed by atoms with Crippen molar-refractivity contribution >= 4 is 104 Å². The summed E-state index contributed by atoms with van der Waals surface area (Å²) < 4.78 is 11.8. The molecule has 3 aromatic carbocycles. The van der Waals surface area contributed by atoms with E-state index >= 15 is 0 Å². The van der Waals surface area contributed by atoms with E-state index in [1.807, 2.05) is 6.07 Å². The van der Waals surface area contributed by atoms with Gasteiger partial charge >= 0.3 is 11.9 Å². The Morgan fingerprint density at radius 2 is 1.39 bits per heavy atom. The van der Waals surface area contributed by atoms with Gasteiger partial charge in [0.1, 0.15) is 17.0 Å². The molecule has 0 aliphatic carbocycles. The molecule has 51 heavy (non-hydrogen) atoms. The number of hydrogen-bond donors (Lipinski definition) is 1. The molecule has 4 rings (SSSR count). The highest BCUT2D eigenvalue weighted by molar-refractivity contribution is 14.1. The number of carbonyl (C=O) groups excluding carboxylic acids is 4. The van der Waals surface area contributed by atoms with Gasteiger partial charge in [-0.3, -0.25) is 24.2 Å². The Labute approximate surface area is 324 Å². The van der Waals surface area contributed by atoms with Crippen LogP contribution in [0.25, 0.3) is 23.1 Å². The van der Waals surface area contributed by atoms with Crippen molar-refractivity contribution < 1.29 is 33.8 Å². The molecule has 4 aromatic rings. The van der Waals surface area contributed by atoms with E-state index in [1.54, 1.807) is 90.4 Å². The zero-order valence-electron chi connectivity index (χ0n) is 28.1. The van der Waals surface area contributed by atoms with Crippen LogP contribution in [0.4, 0.5) is 0 Å². The van der Waals surface area contributed by atoms with Crippen LogP contribution < -0.4 is 9.47 Å². The molecule has 0 atom stereocenters. The molecule has 0 bridgehead atoms. The lowest BCUT2D eigenvalue weighted by Gasteiger charge is -2.23. The Bertz CT molecular complexity index is 1910. The highest BCUT2D eigenvalue weighted by atomic mass is 127. The predicted octanol–water partition coefficient (Wildman–Crippen LogP) is 9.73. The molecule has 12 heteroatoms. The van der Waals surface area contributed by atoms with Crippen LogP contribution in [0.1, 0.15) is 57.1 Å². The molecule has 1 N–H and O–H groups in total. The van der Waals surface area contributed by atoms with E-state index in [4.69, 9.17) is 21.1 Å². The van der Waals surface area contributed by atoms with Gasteiger partial charge in [-0.1, -0.05) is 48.0 Å². The summed E-state index contributed by atoms with van der Waals surface area (Å²) >= 11 is 11.9. The number of phenolic OH excluding ortho intramolecular Hbond substituents is 1. The summed E-state index contributed by atoms with van der Waals surface area (Å²) in [5.74, 6) is 1.25. The average Bonchev–Trinajstić information content (AvgIpc) is 3.10. The van der Waals surface area contributed by atoms with E-state index in [1.165, 1.54) is 24.3 Å². The summed E-state index contributed by atoms with van der Waals surface area (Å²) in [4.78, 5) is 53.7. The molecule has 0 amide bonds. The van der Waals surface area contributed by atoms with Crippen LogP contribution in [-0.2, 0) is 19.2 Å². The molecule has 1 aromatic heterocycles. The van der Waals surface area contributed by atoms with Crippen molar-refractivity contribution in [1.29, 1.82) is 0 Å². The number of halogens is 2. The number of carbonyl (C=O) groups is 4. The number of aromatic hydroxyl groups is 1. The van der Waals surface area contributed by atoms with E-state index in [9.17, 15) is 24.3 Å². The molecule has 266 valence electrons. The maximum atomic E-state index is 12.6. The quantitative estimate of drug-likeness (QED) is 0.0197. The monoisotopic (exact) mass is 857 g/mol. The molecule has 0 saturated carbocycles. The normalized spacial score (nSPS) is 11.7. The van der Waals surface area contributed by atoms with E-state index < -0.39 is 0 Å². The van der Waals surface area contributed by atoms with Crippen LogP contribution in [-0.4, -0.2) is 49.2 Å². The van der Waals surface area contributed by atoms with Crippen molar-refractivity contribution in [3.8, 4) is 17.2 Å². The van der Waals surface area contributed by atoms with E-state index in [0.717, 1.165) is 31.6 Å². The molecule has 0 spiro atoms. The Hall–Kier alpha value is -3.65. The highest BCUT2D eigenvalue weighted by Gasteiger charge is 2.20. The van der Waals surface area contributed by atoms with Gasteiger partial charge in [0, 0.05) is 24.4 Å². The zero-order valence-corrected chi connectivity index (χ0v) is 32.7. The predicted molar refractivity (Wildman–Crippen MR) is 215 cm³/mol. The van der Waals surface area contributed by atoms with Gasteiger partial charge in [-0.2, -0.15) is 0 Å². The third kappa shape index (κ3) is 13.8. The fourth-order valence-electron chi connectivity index (χ4n) is 4.60. The maximum absolute atomic E-state index is 12.6. The number of aromatic nitrogens is 1. The summed E-state index contributed by atoms with van der Waals surface area (Å²) in [6.45, 7) is 4.26. The first kappa shape index (κ1) is 40.1. The second-order valence-corrected chi connectivity index (χ2v) is 17.0. The van der Waals surface area contributed by atoms with Crippen molar-refractivity contribution in [2.24, 2.45) is 0 Å². The number of rotatable bonds is 18. The summed E-state index contributed by atoms with van der Waals surface area (Å²) in [6.07, 6.45) is 9.16. The third-order valence-electron chi connectivity index (χ3n) is 7.19. The number of nitrogens with zero attached hydrogens (tertiary/aromatic N) is 1. The van der Waals surface area contributed by atoms with Crippen LogP contribution in [0, 0.1) is 3.57 Å². The van der Waals surface area contributed by atoms with Gasteiger partial charge in [0.25, 0.3) is 0 Å². The van der Waals surface area contributed by atoms with E-state index in [2.05, 4.69) is 41.4 Å². The second kappa shape index (κ2) is 19.8. The Morgan fingerprint density at radius 1 is 0.843 bits per heavy atom. The molecule has 0 saturated heterocycles. The number of allylic oxidation sites excluding steroid dienone is 2. The lowest BCUT2D eigenvalue weighted by Crippen LogP contribution is -2.14. The number of fused-ring (bicyclic) bond motifs is 1. The van der Waals surface area contributed by atoms with Gasteiger partial charge < -0.3 is 14.6 Å². The minimum atomic E-state index is -0.332. The van der Waals surface area contributed by atoms with Crippen molar-refractivity contribution in [3.05, 3.63) is 105 Å². The van der Waals surface area contributed by atoms with E-state index in [0.29, 0.717) is 34.9 Å². The smallest absolute Gasteiger partial charge is 0.311 e. The van der Waals surface area contributed by atoms with E-state index in [-0.39, 0.29) is 52.6 Å². The zero-order chi connectivity index (χ0) is 36.8. The maximum Gasteiger partial charge on any atom is 0.311 e.